The average molecular weight is 539 g/mol. The number of benzene rings is 2. The van der Waals surface area contributed by atoms with Gasteiger partial charge in [-0.3, -0.25) is 9.59 Å². The largest absolute Gasteiger partial charge is 0.484 e. The molecule has 2 heterocycles. The maximum Gasteiger partial charge on any atom is 0.422 e. The predicted octanol–water partition coefficient (Wildman–Crippen LogP) is 4.12. The number of nitrogens with zero attached hydrogens (tertiary/aromatic N) is 2. The van der Waals surface area contributed by atoms with Crippen LogP contribution in [0.25, 0.3) is 0 Å². The average Bonchev–Trinajstić information content (AvgIpc) is 3.00. The number of fused-ring (bicyclic) bond motifs is 1. The molecular weight excluding hydrogens is 513 g/mol. The molecule has 8 nitrogen and oxygen atoms in total. The van der Waals surface area contributed by atoms with Crippen molar-refractivity contribution in [3.8, 4) is 5.75 Å². The topological polar surface area (TPSA) is 91.0 Å². The highest BCUT2D eigenvalue weighted by Crippen LogP contribution is 2.31. The van der Waals surface area contributed by atoms with Crippen molar-refractivity contribution in [2.45, 2.75) is 44.6 Å². The number of rotatable bonds is 4. The minimum Gasteiger partial charge on any atom is -0.484 e. The van der Waals surface area contributed by atoms with Crippen LogP contribution in [0.15, 0.2) is 42.5 Å². The van der Waals surface area contributed by atoms with E-state index in [4.69, 9.17) is 16.3 Å². The van der Waals surface area contributed by atoms with Gasteiger partial charge < -0.3 is 25.2 Å². The number of amides is 4. The molecule has 4 rings (SSSR count). The Labute approximate surface area is 216 Å². The first-order valence-electron chi connectivity index (χ1n) is 11.8. The Morgan fingerprint density at radius 3 is 2.68 bits per heavy atom. The monoisotopic (exact) mass is 538 g/mol. The lowest BCUT2D eigenvalue weighted by Gasteiger charge is -2.31. The third-order valence-electron chi connectivity index (χ3n) is 6.26. The van der Waals surface area contributed by atoms with Crippen LogP contribution in [0, 0.1) is 0 Å². The molecule has 2 atom stereocenters. The van der Waals surface area contributed by atoms with Gasteiger partial charge in [-0.2, -0.15) is 13.2 Å². The zero-order valence-corrected chi connectivity index (χ0v) is 20.7. The van der Waals surface area contributed by atoms with Crippen molar-refractivity contribution in [2.24, 2.45) is 0 Å². The minimum atomic E-state index is -4.51. The molecule has 1 unspecified atom stereocenters. The van der Waals surface area contributed by atoms with Gasteiger partial charge in [-0.1, -0.05) is 29.8 Å². The number of carbonyl (C=O) groups excluding carboxylic acids is 3. The molecule has 0 spiro atoms. The van der Waals surface area contributed by atoms with E-state index in [2.05, 4.69) is 10.6 Å². The summed E-state index contributed by atoms with van der Waals surface area (Å²) in [5.74, 6) is -0.810. The molecule has 0 bridgehead atoms. The van der Waals surface area contributed by atoms with Crippen molar-refractivity contribution in [1.82, 2.24) is 15.5 Å². The first kappa shape index (κ1) is 26.6. The lowest BCUT2D eigenvalue weighted by molar-refractivity contribution is -0.153. The fraction of sp³-hybridized carbons (Fsp3) is 0.400. The molecule has 0 aliphatic carbocycles. The summed E-state index contributed by atoms with van der Waals surface area (Å²) in [4.78, 5) is 42.0. The molecule has 0 radical (unpaired) electrons. The second-order valence-corrected chi connectivity index (χ2v) is 9.41. The maximum absolute atomic E-state index is 13.6. The zero-order valence-electron chi connectivity index (χ0n) is 20.0. The molecule has 0 aromatic heterocycles. The van der Waals surface area contributed by atoms with Crippen LogP contribution in [0.2, 0.25) is 5.02 Å². The molecule has 2 N–H and O–H groups in total. The van der Waals surface area contributed by atoms with Crippen molar-refractivity contribution in [1.29, 1.82) is 0 Å². The van der Waals surface area contributed by atoms with Crippen LogP contribution in [0.5, 0.6) is 5.75 Å². The second kappa shape index (κ2) is 10.9. The number of para-hydroxylation sites is 1. The normalized spacial score (nSPS) is 20.0. The van der Waals surface area contributed by atoms with E-state index in [1.54, 1.807) is 36.1 Å². The SMILES string of the molecule is C[C@@H]1CN(C(=O)c2ccc(OCC(F)(F)F)cc2Cl)c2ccccc2CN1C(=O)NC1CCCNC1=O. The minimum absolute atomic E-state index is 0.0584. The smallest absolute Gasteiger partial charge is 0.422 e. The molecule has 1 saturated heterocycles. The number of halogens is 4. The third kappa shape index (κ3) is 6.27. The maximum atomic E-state index is 13.6. The number of hydrogen-bond acceptors (Lipinski definition) is 4. The van der Waals surface area contributed by atoms with E-state index in [-0.39, 0.29) is 35.3 Å². The van der Waals surface area contributed by atoms with Crippen molar-refractivity contribution in [3.05, 3.63) is 58.6 Å². The number of hydrogen-bond donors (Lipinski definition) is 2. The predicted molar refractivity (Wildman–Crippen MR) is 131 cm³/mol. The molecule has 37 heavy (non-hydrogen) atoms. The van der Waals surface area contributed by atoms with E-state index in [0.717, 1.165) is 6.42 Å². The van der Waals surface area contributed by atoms with Gasteiger partial charge in [-0.25, -0.2) is 4.79 Å². The van der Waals surface area contributed by atoms with Gasteiger partial charge in [0.15, 0.2) is 6.61 Å². The molecule has 1 fully saturated rings. The van der Waals surface area contributed by atoms with Crippen molar-refractivity contribution in [3.63, 3.8) is 0 Å². The summed E-state index contributed by atoms with van der Waals surface area (Å²) < 4.78 is 42.1. The first-order chi connectivity index (χ1) is 17.5. The third-order valence-corrected chi connectivity index (χ3v) is 6.58. The summed E-state index contributed by atoms with van der Waals surface area (Å²) in [6, 6.07) is 9.39. The summed E-state index contributed by atoms with van der Waals surface area (Å²) in [5.41, 5.74) is 1.38. The van der Waals surface area contributed by atoms with Gasteiger partial charge >= 0.3 is 12.2 Å². The highest BCUT2D eigenvalue weighted by atomic mass is 35.5. The molecule has 2 aliphatic rings. The Balaban J connectivity index is 1.56. The quantitative estimate of drug-likeness (QED) is 0.613. The Kier molecular flexibility index (Phi) is 7.82. The van der Waals surface area contributed by atoms with E-state index in [1.165, 1.54) is 23.1 Å². The van der Waals surface area contributed by atoms with Crippen molar-refractivity contribution in [2.75, 3.05) is 24.6 Å². The number of ether oxygens (including phenoxy) is 1. The summed E-state index contributed by atoms with van der Waals surface area (Å²) in [6.45, 7) is 1.23. The van der Waals surface area contributed by atoms with Gasteiger partial charge in [0.05, 0.1) is 10.6 Å². The molecular formula is C25H26ClF3N4O4. The number of anilines is 1. The molecule has 2 aliphatic heterocycles. The fourth-order valence-corrected chi connectivity index (χ4v) is 4.64. The van der Waals surface area contributed by atoms with Gasteiger partial charge in [0.1, 0.15) is 11.8 Å². The number of urea groups is 1. The van der Waals surface area contributed by atoms with Crippen LogP contribution in [0.3, 0.4) is 0 Å². The van der Waals surface area contributed by atoms with E-state index < -0.39 is 36.8 Å². The Hall–Kier alpha value is -3.47. The van der Waals surface area contributed by atoms with Gasteiger partial charge in [0, 0.05) is 31.4 Å². The van der Waals surface area contributed by atoms with Gasteiger partial charge in [-0.15, -0.1) is 0 Å². The second-order valence-electron chi connectivity index (χ2n) is 9.00. The standard InChI is InChI=1S/C25H26ClF3N4O4/c1-15-12-33(23(35)18-9-8-17(11-19(18)26)37-14-25(27,28)29)21-7-3-2-5-16(21)13-32(15)24(36)31-20-6-4-10-30-22(20)34/h2-3,5,7-9,11,15,20H,4,6,10,12-14H2,1H3,(H,30,34)(H,31,36)/t15-,20?/m1/s1. The summed E-state index contributed by atoms with van der Waals surface area (Å²) in [7, 11) is 0. The highest BCUT2D eigenvalue weighted by Gasteiger charge is 2.34. The van der Waals surface area contributed by atoms with Crippen LogP contribution >= 0.6 is 11.6 Å². The highest BCUT2D eigenvalue weighted by molar-refractivity contribution is 6.34. The lowest BCUT2D eigenvalue weighted by atomic mass is 10.1. The van der Waals surface area contributed by atoms with E-state index in [0.29, 0.717) is 24.2 Å². The number of alkyl halides is 3. The Bertz CT molecular complexity index is 1190. The fourth-order valence-electron chi connectivity index (χ4n) is 4.38. The van der Waals surface area contributed by atoms with Gasteiger partial charge in [-0.05, 0) is 49.6 Å². The van der Waals surface area contributed by atoms with Crippen LogP contribution < -0.4 is 20.3 Å². The van der Waals surface area contributed by atoms with E-state index >= 15 is 0 Å². The van der Waals surface area contributed by atoms with Gasteiger partial charge in [0.2, 0.25) is 5.91 Å². The summed E-state index contributed by atoms with van der Waals surface area (Å²) >= 11 is 6.28. The molecule has 198 valence electrons. The van der Waals surface area contributed by atoms with Crippen LogP contribution in [0.1, 0.15) is 35.7 Å². The van der Waals surface area contributed by atoms with Crippen LogP contribution in [0.4, 0.5) is 23.7 Å². The molecule has 12 heteroatoms. The van der Waals surface area contributed by atoms with E-state index in [9.17, 15) is 27.6 Å². The van der Waals surface area contributed by atoms with Gasteiger partial charge in [0.25, 0.3) is 5.91 Å². The number of piperidine rings is 1. The lowest BCUT2D eigenvalue weighted by Crippen LogP contribution is -2.55. The molecule has 2 aromatic rings. The van der Waals surface area contributed by atoms with E-state index in [1.807, 2.05) is 0 Å². The van der Waals surface area contributed by atoms with Crippen LogP contribution in [-0.4, -0.2) is 60.7 Å². The zero-order chi connectivity index (χ0) is 26.7. The van der Waals surface area contributed by atoms with Crippen molar-refractivity contribution < 1.29 is 32.3 Å². The molecule has 4 amide bonds. The van der Waals surface area contributed by atoms with Crippen LogP contribution in [-0.2, 0) is 11.3 Å². The Morgan fingerprint density at radius 2 is 1.97 bits per heavy atom. The van der Waals surface area contributed by atoms with Crippen molar-refractivity contribution >= 4 is 35.1 Å². The first-order valence-corrected chi connectivity index (χ1v) is 12.1. The summed E-state index contributed by atoms with van der Waals surface area (Å²) in [6.07, 6.45) is -3.20. The Morgan fingerprint density at radius 1 is 1.22 bits per heavy atom. The number of nitrogens with one attached hydrogen (secondary N) is 2. The summed E-state index contributed by atoms with van der Waals surface area (Å²) in [5, 5.41) is 5.48. The molecule has 0 saturated carbocycles. The number of carbonyl (C=O) groups is 3. The molecule has 2 aromatic carbocycles.